The first-order valence-electron chi connectivity index (χ1n) is 11.5. The molecule has 35 heavy (non-hydrogen) atoms. The van der Waals surface area contributed by atoms with Gasteiger partial charge in [-0.3, -0.25) is 4.57 Å². The van der Waals surface area contributed by atoms with Crippen LogP contribution in [-0.4, -0.2) is 63.0 Å². The van der Waals surface area contributed by atoms with Gasteiger partial charge in [-0.2, -0.15) is 0 Å². The third kappa shape index (κ3) is 7.22. The van der Waals surface area contributed by atoms with Crippen molar-refractivity contribution in [2.45, 2.75) is 44.9 Å². The van der Waals surface area contributed by atoms with Crippen LogP contribution in [0.3, 0.4) is 0 Å². The molecular weight excluding hydrogens is 475 g/mol. The Morgan fingerprint density at radius 3 is 1.77 bits per heavy atom. The van der Waals surface area contributed by atoms with Crippen molar-refractivity contribution >= 4 is 19.5 Å². The van der Waals surface area contributed by atoms with E-state index in [-0.39, 0.29) is 25.8 Å². The number of ether oxygens (including phenoxy) is 4. The largest absolute Gasteiger partial charge is 0.452 e. The zero-order chi connectivity index (χ0) is 25.3. The molecule has 0 aliphatic carbocycles. The molecule has 4 atom stereocenters. The predicted molar refractivity (Wildman–Crippen MR) is 127 cm³/mol. The molecule has 190 valence electrons. The van der Waals surface area contributed by atoms with Crippen molar-refractivity contribution < 1.29 is 42.1 Å². The summed E-state index contributed by atoms with van der Waals surface area (Å²) >= 11 is 0. The number of hydrogen-bond donors (Lipinski definition) is 0. The van der Waals surface area contributed by atoms with Gasteiger partial charge < -0.3 is 28.0 Å². The van der Waals surface area contributed by atoms with Crippen LogP contribution in [0.4, 0.5) is 0 Å². The average Bonchev–Trinajstić information content (AvgIpc) is 3.20. The molecule has 9 nitrogen and oxygen atoms in total. The maximum Gasteiger partial charge on any atom is 0.338 e. The van der Waals surface area contributed by atoms with Gasteiger partial charge in [0, 0.05) is 7.11 Å². The van der Waals surface area contributed by atoms with Crippen LogP contribution >= 0.6 is 7.60 Å². The minimum Gasteiger partial charge on any atom is -0.452 e. The maximum absolute atomic E-state index is 13.0. The van der Waals surface area contributed by atoms with E-state index in [9.17, 15) is 14.2 Å². The highest BCUT2D eigenvalue weighted by molar-refractivity contribution is 7.53. The lowest BCUT2D eigenvalue weighted by Crippen LogP contribution is -2.41. The summed E-state index contributed by atoms with van der Waals surface area (Å²) in [5, 5.41) is 0. The highest BCUT2D eigenvalue weighted by Crippen LogP contribution is 2.49. The second-order valence-electron chi connectivity index (χ2n) is 7.71. The Labute approximate surface area is 205 Å². The molecule has 0 saturated carbocycles. The first-order valence-corrected chi connectivity index (χ1v) is 13.2. The summed E-state index contributed by atoms with van der Waals surface area (Å²) in [4.78, 5) is 25.7. The molecule has 3 rings (SSSR count). The summed E-state index contributed by atoms with van der Waals surface area (Å²) < 4.78 is 46.6. The monoisotopic (exact) mass is 506 g/mol. The number of carbonyl (C=O) groups is 2. The van der Waals surface area contributed by atoms with Gasteiger partial charge in [-0.25, -0.2) is 9.59 Å². The Hall–Kier alpha value is -2.55. The number of hydrogen-bond acceptors (Lipinski definition) is 9. The molecule has 0 spiro atoms. The van der Waals surface area contributed by atoms with Crippen LogP contribution in [0.1, 0.15) is 41.0 Å². The molecule has 0 unspecified atom stereocenters. The lowest BCUT2D eigenvalue weighted by Gasteiger charge is -2.25. The molecule has 1 fully saturated rings. The lowest BCUT2D eigenvalue weighted by molar-refractivity contribution is -0.150. The van der Waals surface area contributed by atoms with E-state index in [2.05, 4.69) is 0 Å². The van der Waals surface area contributed by atoms with Gasteiger partial charge in [0.2, 0.25) is 0 Å². The number of esters is 2. The molecule has 0 bridgehead atoms. The third-order valence-corrected chi connectivity index (χ3v) is 7.45. The van der Waals surface area contributed by atoms with Crippen LogP contribution in [0.25, 0.3) is 0 Å². The minimum absolute atomic E-state index is 0.0223. The Bertz CT molecular complexity index is 989. The van der Waals surface area contributed by atoms with E-state index in [1.807, 2.05) is 0 Å². The van der Waals surface area contributed by atoms with E-state index >= 15 is 0 Å². The summed E-state index contributed by atoms with van der Waals surface area (Å²) in [6.07, 6.45) is -3.67. The SMILES string of the molecule is CCOP(=O)(CC[C@H]1O[C@@H](OC)[C@H](OC(=O)c2ccccc2)[C@H]1OC(=O)c1ccccc1)OCC. The molecule has 0 radical (unpaired) electrons. The predicted octanol–water partition coefficient (Wildman–Crippen LogP) is 4.47. The smallest absolute Gasteiger partial charge is 0.338 e. The van der Waals surface area contributed by atoms with Crippen LogP contribution in [0.2, 0.25) is 0 Å². The van der Waals surface area contributed by atoms with Gasteiger partial charge in [0.25, 0.3) is 0 Å². The summed E-state index contributed by atoms with van der Waals surface area (Å²) in [6, 6.07) is 16.9. The molecule has 0 aromatic heterocycles. The minimum atomic E-state index is -3.38. The number of rotatable bonds is 12. The first-order chi connectivity index (χ1) is 16.9. The standard InChI is InChI=1S/C25H31O9P/c1-4-30-35(28,31-5-2)17-16-20-21(33-23(26)18-12-8-6-9-13-18)22(25(29-3)32-20)34-24(27)19-14-10-7-11-15-19/h6-15,20-22,25H,4-5,16-17H2,1-3H3/t20-,21+,22-,25-/m1/s1. The summed E-state index contributed by atoms with van der Waals surface area (Å²) in [7, 11) is -1.98. The summed E-state index contributed by atoms with van der Waals surface area (Å²) in [5.41, 5.74) is 0.658. The van der Waals surface area contributed by atoms with Gasteiger partial charge in [-0.1, -0.05) is 36.4 Å². The molecule has 0 N–H and O–H groups in total. The second kappa shape index (κ2) is 13.0. The fourth-order valence-electron chi connectivity index (χ4n) is 3.76. The van der Waals surface area contributed by atoms with Gasteiger partial charge in [-0.15, -0.1) is 0 Å². The quantitative estimate of drug-likeness (QED) is 0.305. The molecule has 1 saturated heterocycles. The van der Waals surface area contributed by atoms with Crippen molar-refractivity contribution in [2.75, 3.05) is 26.5 Å². The van der Waals surface area contributed by atoms with Crippen LogP contribution in [0.15, 0.2) is 60.7 Å². The van der Waals surface area contributed by atoms with E-state index < -0.39 is 44.1 Å². The fourth-order valence-corrected chi connectivity index (χ4v) is 5.45. The highest BCUT2D eigenvalue weighted by atomic mass is 31.2. The molecule has 2 aromatic rings. The van der Waals surface area contributed by atoms with Gasteiger partial charge >= 0.3 is 19.5 Å². The van der Waals surface area contributed by atoms with Crippen LogP contribution in [0.5, 0.6) is 0 Å². The van der Waals surface area contributed by atoms with Gasteiger partial charge in [0.15, 0.2) is 18.5 Å². The van der Waals surface area contributed by atoms with Crippen molar-refractivity contribution in [1.29, 1.82) is 0 Å². The Balaban J connectivity index is 1.84. The molecular formula is C25H31O9P. The Kier molecular flexibility index (Phi) is 10.0. The zero-order valence-corrected chi connectivity index (χ0v) is 20.9. The van der Waals surface area contributed by atoms with Gasteiger partial charge in [0.05, 0.1) is 30.5 Å². The van der Waals surface area contributed by atoms with Crippen LogP contribution in [-0.2, 0) is 32.6 Å². The first kappa shape index (κ1) is 27.0. The van der Waals surface area contributed by atoms with Gasteiger partial charge in [0.1, 0.15) is 6.10 Å². The van der Waals surface area contributed by atoms with E-state index in [0.717, 1.165) is 0 Å². The van der Waals surface area contributed by atoms with Gasteiger partial charge in [-0.05, 0) is 44.5 Å². The van der Waals surface area contributed by atoms with Crippen molar-refractivity contribution in [3.05, 3.63) is 71.8 Å². The average molecular weight is 506 g/mol. The van der Waals surface area contributed by atoms with Crippen molar-refractivity contribution in [2.24, 2.45) is 0 Å². The molecule has 1 heterocycles. The number of carbonyl (C=O) groups excluding carboxylic acids is 2. The van der Waals surface area contributed by atoms with E-state index in [4.69, 9.17) is 28.0 Å². The zero-order valence-electron chi connectivity index (χ0n) is 20.0. The maximum atomic E-state index is 13.0. The molecule has 1 aliphatic rings. The van der Waals surface area contributed by atoms with E-state index in [0.29, 0.717) is 11.1 Å². The van der Waals surface area contributed by atoms with Crippen molar-refractivity contribution in [3.63, 3.8) is 0 Å². The Morgan fingerprint density at radius 1 is 0.829 bits per heavy atom. The highest BCUT2D eigenvalue weighted by Gasteiger charge is 2.50. The molecule has 1 aliphatic heterocycles. The van der Waals surface area contributed by atoms with Crippen molar-refractivity contribution in [1.82, 2.24) is 0 Å². The molecule has 10 heteroatoms. The van der Waals surface area contributed by atoms with Crippen LogP contribution < -0.4 is 0 Å². The Morgan fingerprint density at radius 2 is 1.31 bits per heavy atom. The van der Waals surface area contributed by atoms with Crippen LogP contribution in [0, 0.1) is 0 Å². The number of benzene rings is 2. The lowest BCUT2D eigenvalue weighted by atomic mass is 10.1. The van der Waals surface area contributed by atoms with E-state index in [1.165, 1.54) is 7.11 Å². The topological polar surface area (TPSA) is 107 Å². The normalized spacial score (nSPS) is 22.0. The summed E-state index contributed by atoms with van der Waals surface area (Å²) in [5.74, 6) is -1.23. The summed E-state index contributed by atoms with van der Waals surface area (Å²) in [6.45, 7) is 3.88. The second-order valence-corrected chi connectivity index (χ2v) is 9.89. The fraction of sp³-hybridized carbons (Fsp3) is 0.440. The van der Waals surface area contributed by atoms with E-state index in [1.54, 1.807) is 74.5 Å². The molecule has 2 aromatic carbocycles. The van der Waals surface area contributed by atoms with Crippen molar-refractivity contribution in [3.8, 4) is 0 Å². The number of methoxy groups -OCH3 is 1. The third-order valence-electron chi connectivity index (χ3n) is 5.34. The molecule has 0 amide bonds.